The first-order valence-corrected chi connectivity index (χ1v) is 10.2. The third kappa shape index (κ3) is 3.39. The Bertz CT molecular complexity index is 1020. The Morgan fingerprint density at radius 2 is 1.85 bits per heavy atom. The van der Waals surface area contributed by atoms with Crippen LogP contribution in [0.25, 0.3) is 10.2 Å². The normalized spacial score (nSPS) is 14.8. The molecular formula is C20H21ClN4OS. The molecule has 3 aromatic rings. The van der Waals surface area contributed by atoms with Crippen molar-refractivity contribution in [2.45, 2.75) is 20.8 Å². The second-order valence-corrected chi connectivity index (χ2v) is 8.49. The highest BCUT2D eigenvalue weighted by Gasteiger charge is 2.25. The fraction of sp³-hybridized carbons (Fsp3) is 0.350. The van der Waals surface area contributed by atoms with Gasteiger partial charge < -0.3 is 9.80 Å². The van der Waals surface area contributed by atoms with Gasteiger partial charge in [-0.2, -0.15) is 0 Å². The van der Waals surface area contributed by atoms with E-state index in [-0.39, 0.29) is 5.91 Å². The maximum Gasteiger partial charge on any atom is 0.254 e. The van der Waals surface area contributed by atoms with Gasteiger partial charge in [0.2, 0.25) is 0 Å². The number of carbonyl (C=O) groups excluding carboxylic acids is 1. The Morgan fingerprint density at radius 1 is 1.11 bits per heavy atom. The number of fused-ring (bicyclic) bond motifs is 1. The van der Waals surface area contributed by atoms with Crippen molar-refractivity contribution in [3.63, 3.8) is 0 Å². The van der Waals surface area contributed by atoms with Crippen LogP contribution in [0.15, 0.2) is 24.3 Å². The molecule has 0 unspecified atom stereocenters. The van der Waals surface area contributed by atoms with Crippen LogP contribution in [0.1, 0.15) is 26.6 Å². The molecule has 140 valence electrons. The van der Waals surface area contributed by atoms with Crippen molar-refractivity contribution in [3.05, 3.63) is 51.1 Å². The highest BCUT2D eigenvalue weighted by Crippen LogP contribution is 2.35. The first kappa shape index (κ1) is 18.2. The number of hydrogen-bond acceptors (Lipinski definition) is 5. The van der Waals surface area contributed by atoms with Crippen molar-refractivity contribution in [2.24, 2.45) is 0 Å². The molecule has 0 atom stereocenters. The Kier molecular flexibility index (Phi) is 4.78. The molecule has 0 aliphatic carbocycles. The van der Waals surface area contributed by atoms with Gasteiger partial charge in [-0.25, -0.2) is 9.97 Å². The summed E-state index contributed by atoms with van der Waals surface area (Å²) in [5, 5.41) is 1.74. The molecule has 1 fully saturated rings. The molecule has 3 heterocycles. The lowest BCUT2D eigenvalue weighted by atomic mass is 10.1. The molecule has 0 saturated carbocycles. The second kappa shape index (κ2) is 7.09. The molecule has 1 aliphatic heterocycles. The van der Waals surface area contributed by atoms with Crippen LogP contribution >= 0.6 is 22.9 Å². The quantitative estimate of drug-likeness (QED) is 0.645. The fourth-order valence-electron chi connectivity index (χ4n) is 3.49. The van der Waals surface area contributed by atoms with E-state index in [1.807, 2.05) is 24.0 Å². The minimum Gasteiger partial charge on any atom is -0.352 e. The van der Waals surface area contributed by atoms with E-state index in [4.69, 9.17) is 16.6 Å². The molecule has 1 saturated heterocycles. The lowest BCUT2D eigenvalue weighted by Gasteiger charge is -2.36. The summed E-state index contributed by atoms with van der Waals surface area (Å²) < 4.78 is 0. The summed E-state index contributed by atoms with van der Waals surface area (Å²) in [6, 6.07) is 7.14. The molecular weight excluding hydrogens is 380 g/mol. The summed E-state index contributed by atoms with van der Waals surface area (Å²) in [5.74, 6) is 1.81. The number of piperazine rings is 1. The monoisotopic (exact) mass is 400 g/mol. The van der Waals surface area contributed by atoms with Crippen LogP contribution in [-0.2, 0) is 0 Å². The van der Waals surface area contributed by atoms with Crippen LogP contribution < -0.4 is 4.90 Å². The van der Waals surface area contributed by atoms with Crippen molar-refractivity contribution in [1.82, 2.24) is 14.9 Å². The third-order valence-electron chi connectivity index (χ3n) is 5.06. The molecule has 7 heteroatoms. The van der Waals surface area contributed by atoms with Crippen molar-refractivity contribution < 1.29 is 4.79 Å². The van der Waals surface area contributed by atoms with Crippen LogP contribution in [0.4, 0.5) is 5.82 Å². The van der Waals surface area contributed by atoms with Gasteiger partial charge in [0.1, 0.15) is 16.5 Å². The van der Waals surface area contributed by atoms with E-state index in [0.717, 1.165) is 34.9 Å². The van der Waals surface area contributed by atoms with Gasteiger partial charge in [-0.1, -0.05) is 17.7 Å². The molecule has 0 bridgehead atoms. The highest BCUT2D eigenvalue weighted by molar-refractivity contribution is 7.18. The first-order valence-electron chi connectivity index (χ1n) is 8.98. The van der Waals surface area contributed by atoms with Gasteiger partial charge in [0, 0.05) is 41.6 Å². The highest BCUT2D eigenvalue weighted by atomic mass is 35.5. The van der Waals surface area contributed by atoms with Gasteiger partial charge in [0.05, 0.1) is 5.39 Å². The van der Waals surface area contributed by atoms with Crippen LogP contribution in [0.3, 0.4) is 0 Å². The zero-order valence-electron chi connectivity index (χ0n) is 15.6. The van der Waals surface area contributed by atoms with E-state index in [0.29, 0.717) is 23.7 Å². The minimum absolute atomic E-state index is 0.0312. The maximum absolute atomic E-state index is 12.7. The number of benzene rings is 1. The Labute approximate surface area is 167 Å². The average Bonchev–Trinajstić information content (AvgIpc) is 2.94. The zero-order valence-corrected chi connectivity index (χ0v) is 17.2. The third-order valence-corrected chi connectivity index (χ3v) is 6.40. The number of hydrogen-bond donors (Lipinski definition) is 0. The summed E-state index contributed by atoms with van der Waals surface area (Å²) in [6.07, 6.45) is 0. The topological polar surface area (TPSA) is 49.3 Å². The van der Waals surface area contributed by atoms with Crippen molar-refractivity contribution in [2.75, 3.05) is 31.1 Å². The zero-order chi connectivity index (χ0) is 19.1. The smallest absolute Gasteiger partial charge is 0.254 e. The lowest BCUT2D eigenvalue weighted by Crippen LogP contribution is -2.49. The van der Waals surface area contributed by atoms with E-state index in [9.17, 15) is 4.79 Å². The number of anilines is 1. The Hall–Kier alpha value is -2.18. The SMILES string of the molecule is Cc1nc(N2CCN(C(=O)c3cccc(Cl)c3)CC2)c2c(C)c(C)sc2n1. The average molecular weight is 401 g/mol. The largest absolute Gasteiger partial charge is 0.352 e. The summed E-state index contributed by atoms with van der Waals surface area (Å²) >= 11 is 7.75. The molecule has 5 nitrogen and oxygen atoms in total. The van der Waals surface area contributed by atoms with Gasteiger partial charge in [-0.3, -0.25) is 4.79 Å². The van der Waals surface area contributed by atoms with E-state index >= 15 is 0 Å². The van der Waals surface area contributed by atoms with Crippen molar-refractivity contribution in [1.29, 1.82) is 0 Å². The van der Waals surface area contributed by atoms with Gasteiger partial charge >= 0.3 is 0 Å². The van der Waals surface area contributed by atoms with Crippen LogP contribution in [0, 0.1) is 20.8 Å². The number of carbonyl (C=O) groups is 1. The maximum atomic E-state index is 12.7. The number of halogens is 1. The first-order chi connectivity index (χ1) is 12.9. The number of aromatic nitrogens is 2. The van der Waals surface area contributed by atoms with E-state index < -0.39 is 0 Å². The van der Waals surface area contributed by atoms with Gasteiger partial charge in [0.15, 0.2) is 0 Å². The summed E-state index contributed by atoms with van der Waals surface area (Å²) in [4.78, 5) is 28.6. The standard InChI is InChI=1S/C20H21ClN4OS/c1-12-13(2)27-19-17(12)18(22-14(3)23-19)24-7-9-25(10-8-24)20(26)15-5-4-6-16(21)11-15/h4-6,11H,7-10H2,1-3H3. The predicted molar refractivity (Wildman–Crippen MR) is 111 cm³/mol. The second-order valence-electron chi connectivity index (χ2n) is 6.85. The summed E-state index contributed by atoms with van der Waals surface area (Å²) in [7, 11) is 0. The predicted octanol–water partition coefficient (Wildman–Crippen LogP) is 4.23. The molecule has 27 heavy (non-hydrogen) atoms. The van der Waals surface area contributed by atoms with Crippen LogP contribution in [0.5, 0.6) is 0 Å². The van der Waals surface area contributed by atoms with Gasteiger partial charge in [0.25, 0.3) is 5.91 Å². The van der Waals surface area contributed by atoms with E-state index in [2.05, 4.69) is 23.7 Å². The molecule has 2 aromatic heterocycles. The summed E-state index contributed by atoms with van der Waals surface area (Å²) in [6.45, 7) is 9.04. The summed E-state index contributed by atoms with van der Waals surface area (Å²) in [5.41, 5.74) is 1.89. The fourth-order valence-corrected chi connectivity index (χ4v) is 4.75. The Balaban J connectivity index is 1.56. The Morgan fingerprint density at radius 3 is 2.56 bits per heavy atom. The van der Waals surface area contributed by atoms with E-state index in [1.165, 1.54) is 10.4 Å². The lowest BCUT2D eigenvalue weighted by molar-refractivity contribution is 0.0746. The number of amides is 1. The molecule has 0 radical (unpaired) electrons. The van der Waals surface area contributed by atoms with Gasteiger partial charge in [-0.05, 0) is 44.5 Å². The van der Waals surface area contributed by atoms with Crippen molar-refractivity contribution in [3.8, 4) is 0 Å². The van der Waals surface area contributed by atoms with E-state index in [1.54, 1.807) is 23.5 Å². The number of aryl methyl sites for hydroxylation is 3. The molecule has 1 aromatic carbocycles. The molecule has 4 rings (SSSR count). The van der Waals surface area contributed by atoms with Crippen molar-refractivity contribution >= 4 is 44.9 Å². The molecule has 0 N–H and O–H groups in total. The minimum atomic E-state index is 0.0312. The molecule has 0 spiro atoms. The number of thiophene rings is 1. The van der Waals surface area contributed by atoms with Gasteiger partial charge in [-0.15, -0.1) is 11.3 Å². The van der Waals surface area contributed by atoms with Crippen LogP contribution in [0.2, 0.25) is 5.02 Å². The van der Waals surface area contributed by atoms with Crippen LogP contribution in [-0.4, -0.2) is 47.0 Å². The molecule has 1 amide bonds. The number of rotatable bonds is 2. The number of nitrogens with zero attached hydrogens (tertiary/aromatic N) is 4. The molecule has 1 aliphatic rings.